The van der Waals surface area contributed by atoms with Gasteiger partial charge in [-0.3, -0.25) is 10.1 Å². The average Bonchev–Trinajstić information content (AvgIpc) is 3.30. The molecule has 3 aromatic rings. The van der Waals surface area contributed by atoms with Crippen LogP contribution in [0.25, 0.3) is 11.1 Å². The third kappa shape index (κ3) is 3.89. The van der Waals surface area contributed by atoms with Crippen molar-refractivity contribution in [3.8, 4) is 11.1 Å². The van der Waals surface area contributed by atoms with Crippen molar-refractivity contribution in [2.45, 2.75) is 6.54 Å². The van der Waals surface area contributed by atoms with Crippen molar-refractivity contribution in [2.75, 3.05) is 12.4 Å². The molecule has 2 heterocycles. The Hall–Kier alpha value is -3.06. The minimum Gasteiger partial charge on any atom is -0.467 e. The Morgan fingerprint density at radius 2 is 1.96 bits per heavy atom. The summed E-state index contributed by atoms with van der Waals surface area (Å²) in [7, 11) is 1.28. The van der Waals surface area contributed by atoms with E-state index in [2.05, 4.69) is 15.4 Å². The van der Waals surface area contributed by atoms with Crippen molar-refractivity contribution >= 4 is 28.3 Å². The molecule has 2 N–H and O–H groups in total. The normalized spacial score (nSPS) is 10.3. The quantitative estimate of drug-likeness (QED) is 0.721. The molecule has 2 amide bonds. The second-order valence-corrected chi connectivity index (χ2v) is 5.98. The molecule has 0 unspecified atom stereocenters. The predicted octanol–water partition coefficient (Wildman–Crippen LogP) is 4.12. The number of hydrogen-bond donors (Lipinski definition) is 2. The monoisotopic (exact) mass is 356 g/mol. The molecule has 0 atom stereocenters. The van der Waals surface area contributed by atoms with Gasteiger partial charge in [-0.05, 0) is 17.7 Å². The molecule has 25 heavy (non-hydrogen) atoms. The van der Waals surface area contributed by atoms with Crippen molar-refractivity contribution < 1.29 is 18.7 Å². The van der Waals surface area contributed by atoms with Gasteiger partial charge in [0.25, 0.3) is 5.91 Å². The van der Waals surface area contributed by atoms with Crippen LogP contribution in [0.15, 0.2) is 58.5 Å². The third-order valence-electron chi connectivity index (χ3n) is 3.51. The highest BCUT2D eigenvalue weighted by atomic mass is 32.1. The number of carbonyl (C=O) groups is 2. The summed E-state index contributed by atoms with van der Waals surface area (Å²) < 4.78 is 9.86. The van der Waals surface area contributed by atoms with Gasteiger partial charge in [0, 0.05) is 10.9 Å². The molecular formula is C18H16N2O4S. The van der Waals surface area contributed by atoms with Gasteiger partial charge in [0.1, 0.15) is 10.8 Å². The molecule has 0 bridgehead atoms. The number of rotatable bonds is 5. The first kappa shape index (κ1) is 16.8. The minimum absolute atomic E-state index is 0.258. The van der Waals surface area contributed by atoms with Gasteiger partial charge in [0.05, 0.1) is 25.5 Å². The maximum absolute atomic E-state index is 12.7. The first-order valence-corrected chi connectivity index (χ1v) is 8.39. The zero-order valence-electron chi connectivity index (χ0n) is 13.4. The summed E-state index contributed by atoms with van der Waals surface area (Å²) >= 11 is 1.27. The van der Waals surface area contributed by atoms with E-state index in [0.717, 1.165) is 11.1 Å². The lowest BCUT2D eigenvalue weighted by atomic mass is 10.0. The molecule has 0 radical (unpaired) electrons. The lowest BCUT2D eigenvalue weighted by Gasteiger charge is -2.09. The van der Waals surface area contributed by atoms with E-state index < -0.39 is 6.09 Å². The Bertz CT molecular complexity index is 857. The van der Waals surface area contributed by atoms with Crippen LogP contribution in [0.3, 0.4) is 0 Å². The fourth-order valence-corrected chi connectivity index (χ4v) is 3.27. The average molecular weight is 356 g/mol. The van der Waals surface area contributed by atoms with Crippen LogP contribution in [0.4, 0.5) is 9.80 Å². The van der Waals surface area contributed by atoms with Gasteiger partial charge in [-0.1, -0.05) is 30.3 Å². The third-order valence-corrected chi connectivity index (χ3v) is 4.40. The summed E-state index contributed by atoms with van der Waals surface area (Å²) in [4.78, 5) is 24.3. The molecule has 3 rings (SSSR count). The fourth-order valence-electron chi connectivity index (χ4n) is 2.32. The van der Waals surface area contributed by atoms with E-state index in [4.69, 9.17) is 4.42 Å². The fraction of sp³-hybridized carbons (Fsp3) is 0.111. The summed E-state index contributed by atoms with van der Waals surface area (Å²) in [6.45, 7) is 0.258. The van der Waals surface area contributed by atoms with Gasteiger partial charge >= 0.3 is 6.09 Å². The number of anilines is 1. The molecule has 6 nitrogen and oxygen atoms in total. The van der Waals surface area contributed by atoms with E-state index >= 15 is 0 Å². The highest BCUT2D eigenvalue weighted by Crippen LogP contribution is 2.35. The van der Waals surface area contributed by atoms with Crippen molar-refractivity contribution in [2.24, 2.45) is 0 Å². The maximum atomic E-state index is 12.7. The molecule has 0 spiro atoms. The van der Waals surface area contributed by atoms with E-state index in [0.29, 0.717) is 16.3 Å². The Morgan fingerprint density at radius 3 is 2.64 bits per heavy atom. The minimum atomic E-state index is -0.624. The van der Waals surface area contributed by atoms with Crippen molar-refractivity contribution in [3.63, 3.8) is 0 Å². The van der Waals surface area contributed by atoms with E-state index in [-0.39, 0.29) is 12.5 Å². The summed E-state index contributed by atoms with van der Waals surface area (Å²) in [5.41, 5.74) is 2.03. The standard InChI is InChI=1S/C18H16N2O4S/c1-23-18(22)20-17-15(16(21)19-10-13-8-5-9-24-13)14(11-25-17)12-6-3-2-4-7-12/h2-9,11H,10H2,1H3,(H,19,21)(H,20,22). The maximum Gasteiger partial charge on any atom is 0.411 e. The zero-order chi connectivity index (χ0) is 17.6. The number of thiophene rings is 1. The molecule has 0 aliphatic heterocycles. The molecule has 0 saturated heterocycles. The topological polar surface area (TPSA) is 80.6 Å². The van der Waals surface area contributed by atoms with Crippen molar-refractivity contribution in [1.29, 1.82) is 0 Å². The number of ether oxygens (including phenoxy) is 1. The highest BCUT2D eigenvalue weighted by Gasteiger charge is 2.21. The summed E-state index contributed by atoms with van der Waals surface area (Å²) in [5, 5.41) is 7.68. The molecule has 0 fully saturated rings. The first-order valence-electron chi connectivity index (χ1n) is 7.51. The second-order valence-electron chi connectivity index (χ2n) is 5.10. The molecule has 1 aromatic carbocycles. The highest BCUT2D eigenvalue weighted by molar-refractivity contribution is 7.15. The molecule has 0 aliphatic carbocycles. The SMILES string of the molecule is COC(=O)Nc1scc(-c2ccccc2)c1C(=O)NCc1ccco1. The van der Waals surface area contributed by atoms with Crippen LogP contribution < -0.4 is 10.6 Å². The van der Waals surface area contributed by atoms with Gasteiger partial charge in [-0.15, -0.1) is 11.3 Å². The number of nitrogens with one attached hydrogen (secondary N) is 2. The van der Waals surface area contributed by atoms with Crippen LogP contribution in [-0.4, -0.2) is 19.1 Å². The molecule has 7 heteroatoms. The van der Waals surface area contributed by atoms with Crippen LogP contribution in [0.1, 0.15) is 16.1 Å². The van der Waals surface area contributed by atoms with E-state index in [1.165, 1.54) is 18.4 Å². The summed E-state index contributed by atoms with van der Waals surface area (Å²) in [6.07, 6.45) is 0.924. The lowest BCUT2D eigenvalue weighted by molar-refractivity contribution is 0.0950. The molecule has 2 aromatic heterocycles. The number of furan rings is 1. The largest absolute Gasteiger partial charge is 0.467 e. The van der Waals surface area contributed by atoms with Crippen molar-refractivity contribution in [3.05, 3.63) is 65.4 Å². The molecule has 128 valence electrons. The number of amides is 2. The number of methoxy groups -OCH3 is 1. The zero-order valence-corrected chi connectivity index (χ0v) is 14.3. The Labute approximate surface area is 148 Å². The van der Waals surface area contributed by atoms with Crippen LogP contribution in [0.2, 0.25) is 0 Å². The molecule has 0 saturated carbocycles. The summed E-state index contributed by atoms with van der Waals surface area (Å²) in [6, 6.07) is 13.0. The van der Waals surface area contributed by atoms with Crippen LogP contribution in [0.5, 0.6) is 0 Å². The summed E-state index contributed by atoms with van der Waals surface area (Å²) in [5.74, 6) is 0.343. The number of hydrogen-bond acceptors (Lipinski definition) is 5. The van der Waals surface area contributed by atoms with Gasteiger partial charge in [-0.25, -0.2) is 4.79 Å². The Balaban J connectivity index is 1.91. The van der Waals surface area contributed by atoms with Gasteiger partial charge < -0.3 is 14.5 Å². The van der Waals surface area contributed by atoms with E-state index in [1.807, 2.05) is 35.7 Å². The first-order chi connectivity index (χ1) is 12.2. The molecule has 0 aliphatic rings. The van der Waals surface area contributed by atoms with Gasteiger partial charge in [0.15, 0.2) is 0 Å². The van der Waals surface area contributed by atoms with E-state index in [9.17, 15) is 9.59 Å². The second kappa shape index (κ2) is 7.67. The lowest BCUT2D eigenvalue weighted by Crippen LogP contribution is -2.24. The number of benzene rings is 1. The predicted molar refractivity (Wildman–Crippen MR) is 95.7 cm³/mol. The smallest absolute Gasteiger partial charge is 0.411 e. The van der Waals surface area contributed by atoms with Crippen LogP contribution in [0, 0.1) is 0 Å². The van der Waals surface area contributed by atoms with Gasteiger partial charge in [0.2, 0.25) is 0 Å². The molecular weight excluding hydrogens is 340 g/mol. The van der Waals surface area contributed by atoms with Crippen LogP contribution >= 0.6 is 11.3 Å². The van der Waals surface area contributed by atoms with Crippen molar-refractivity contribution in [1.82, 2.24) is 5.32 Å². The van der Waals surface area contributed by atoms with Crippen LogP contribution in [-0.2, 0) is 11.3 Å². The van der Waals surface area contributed by atoms with E-state index in [1.54, 1.807) is 18.4 Å². The Kier molecular flexibility index (Phi) is 5.15. The number of carbonyl (C=O) groups excluding carboxylic acids is 2. The van der Waals surface area contributed by atoms with Gasteiger partial charge in [-0.2, -0.15) is 0 Å². The Morgan fingerprint density at radius 1 is 1.16 bits per heavy atom.